The van der Waals surface area contributed by atoms with Crippen molar-refractivity contribution in [3.8, 4) is 11.5 Å². The van der Waals surface area contributed by atoms with E-state index in [1.807, 2.05) is 48.2 Å². The van der Waals surface area contributed by atoms with Gasteiger partial charge in [0.1, 0.15) is 18.1 Å². The van der Waals surface area contributed by atoms with E-state index in [1.165, 1.54) is 0 Å². The molecule has 5 heteroatoms. The smallest absolute Gasteiger partial charge is 0.254 e. The summed E-state index contributed by atoms with van der Waals surface area (Å²) in [6.45, 7) is 11.8. The molecule has 1 aliphatic heterocycles. The molecule has 0 aromatic heterocycles. The Morgan fingerprint density at radius 2 is 1.76 bits per heavy atom. The van der Waals surface area contributed by atoms with Gasteiger partial charge in [-0.15, -0.1) is 0 Å². The first-order valence-electron chi connectivity index (χ1n) is 10.2. The first kappa shape index (κ1) is 21.2. The second-order valence-electron chi connectivity index (χ2n) is 8.19. The van der Waals surface area contributed by atoms with Crippen LogP contribution >= 0.6 is 0 Å². The molecule has 0 N–H and O–H groups in total. The Balaban J connectivity index is 1.83. The summed E-state index contributed by atoms with van der Waals surface area (Å²) in [7, 11) is 0. The fourth-order valence-corrected chi connectivity index (χ4v) is 3.44. The quantitative estimate of drug-likeness (QED) is 0.723. The van der Waals surface area contributed by atoms with Crippen LogP contribution < -0.4 is 9.47 Å². The Morgan fingerprint density at radius 1 is 1.03 bits per heavy atom. The zero-order chi connectivity index (χ0) is 20.9. The van der Waals surface area contributed by atoms with Gasteiger partial charge in [-0.25, -0.2) is 0 Å². The van der Waals surface area contributed by atoms with Crippen LogP contribution in [0.3, 0.4) is 0 Å². The number of benzene rings is 2. The van der Waals surface area contributed by atoms with E-state index in [0.717, 1.165) is 22.6 Å². The first-order chi connectivity index (χ1) is 13.9. The van der Waals surface area contributed by atoms with Crippen LogP contribution in [0.5, 0.6) is 11.5 Å². The minimum Gasteiger partial charge on any atom is -0.493 e. The van der Waals surface area contributed by atoms with Crippen LogP contribution in [0.4, 0.5) is 0 Å². The third-order valence-electron chi connectivity index (χ3n) is 4.98. The minimum absolute atomic E-state index is 0.0203. The van der Waals surface area contributed by atoms with E-state index in [0.29, 0.717) is 45.1 Å². The molecule has 1 saturated heterocycles. The molecule has 0 bridgehead atoms. The van der Waals surface area contributed by atoms with Crippen molar-refractivity contribution in [2.45, 2.75) is 39.7 Å². The lowest BCUT2D eigenvalue weighted by molar-refractivity contribution is 0.0302. The summed E-state index contributed by atoms with van der Waals surface area (Å²) in [5.41, 5.74) is 2.65. The van der Waals surface area contributed by atoms with Gasteiger partial charge in [0.2, 0.25) is 0 Å². The molecule has 0 radical (unpaired) electrons. The summed E-state index contributed by atoms with van der Waals surface area (Å²) < 4.78 is 17.3. The number of nitrogens with zero attached hydrogens (tertiary/aromatic N) is 1. The van der Waals surface area contributed by atoms with Gasteiger partial charge in [-0.2, -0.15) is 0 Å². The predicted octanol–water partition coefficient (Wildman–Crippen LogP) is 4.43. The van der Waals surface area contributed by atoms with Crippen LogP contribution in [0.15, 0.2) is 42.5 Å². The Labute approximate surface area is 173 Å². The van der Waals surface area contributed by atoms with E-state index in [2.05, 4.69) is 26.8 Å². The van der Waals surface area contributed by atoms with Crippen molar-refractivity contribution in [2.24, 2.45) is 0 Å². The zero-order valence-electron chi connectivity index (χ0n) is 17.9. The Kier molecular flexibility index (Phi) is 6.80. The van der Waals surface area contributed by atoms with E-state index < -0.39 is 0 Å². The maximum absolute atomic E-state index is 12.9. The van der Waals surface area contributed by atoms with Gasteiger partial charge in [0.15, 0.2) is 0 Å². The molecule has 3 rings (SSSR count). The Hall–Kier alpha value is -2.53. The van der Waals surface area contributed by atoms with Crippen LogP contribution in [-0.2, 0) is 16.8 Å². The highest BCUT2D eigenvalue weighted by Gasteiger charge is 2.21. The SMILES string of the molecule is CCOc1ccc(C(=O)N2CCOCC2)cc1COc1ccccc1C(C)(C)C. The van der Waals surface area contributed by atoms with E-state index in [4.69, 9.17) is 14.2 Å². The highest BCUT2D eigenvalue weighted by Crippen LogP contribution is 2.32. The van der Waals surface area contributed by atoms with Crippen LogP contribution in [0.25, 0.3) is 0 Å². The molecular formula is C24H31NO4. The first-order valence-corrected chi connectivity index (χ1v) is 10.2. The molecule has 156 valence electrons. The number of rotatable bonds is 6. The Morgan fingerprint density at radius 3 is 2.45 bits per heavy atom. The molecule has 0 spiro atoms. The van der Waals surface area contributed by atoms with Gasteiger partial charge in [-0.05, 0) is 42.2 Å². The molecule has 0 unspecified atom stereocenters. The van der Waals surface area contributed by atoms with Gasteiger partial charge in [0.25, 0.3) is 5.91 Å². The monoisotopic (exact) mass is 397 g/mol. The standard InChI is InChI=1S/C24H31NO4/c1-5-28-21-11-10-18(23(26)25-12-14-27-15-13-25)16-19(21)17-29-22-9-7-6-8-20(22)24(2,3)4/h6-11,16H,5,12-15,17H2,1-4H3. The van der Waals surface area contributed by atoms with E-state index >= 15 is 0 Å². The summed E-state index contributed by atoms with van der Waals surface area (Å²) in [4.78, 5) is 14.7. The second kappa shape index (κ2) is 9.31. The molecule has 1 amide bonds. The number of hydrogen-bond acceptors (Lipinski definition) is 4. The van der Waals surface area contributed by atoms with Crippen LogP contribution in [0.1, 0.15) is 49.2 Å². The summed E-state index contributed by atoms with van der Waals surface area (Å²) >= 11 is 0. The Bertz CT molecular complexity index is 835. The topological polar surface area (TPSA) is 48.0 Å². The van der Waals surface area contributed by atoms with Crippen molar-refractivity contribution < 1.29 is 19.0 Å². The van der Waals surface area contributed by atoms with Gasteiger partial charge in [0, 0.05) is 24.2 Å². The van der Waals surface area contributed by atoms with Crippen molar-refractivity contribution in [3.63, 3.8) is 0 Å². The number of para-hydroxylation sites is 1. The number of carbonyl (C=O) groups excluding carboxylic acids is 1. The summed E-state index contributed by atoms with van der Waals surface area (Å²) in [5.74, 6) is 1.62. The lowest BCUT2D eigenvalue weighted by Gasteiger charge is -2.27. The second-order valence-corrected chi connectivity index (χ2v) is 8.19. The van der Waals surface area contributed by atoms with Gasteiger partial charge >= 0.3 is 0 Å². The molecule has 1 aliphatic rings. The average molecular weight is 398 g/mol. The molecule has 1 heterocycles. The molecule has 0 atom stereocenters. The van der Waals surface area contributed by atoms with Crippen LogP contribution in [-0.4, -0.2) is 43.7 Å². The number of ether oxygens (including phenoxy) is 3. The third kappa shape index (κ3) is 5.30. The minimum atomic E-state index is -0.0203. The van der Waals surface area contributed by atoms with Gasteiger partial charge in [-0.1, -0.05) is 39.0 Å². The largest absolute Gasteiger partial charge is 0.493 e. The molecule has 0 aliphatic carbocycles. The normalized spacial score (nSPS) is 14.6. The maximum atomic E-state index is 12.9. The van der Waals surface area contributed by atoms with Crippen molar-refractivity contribution in [1.29, 1.82) is 0 Å². The molecule has 5 nitrogen and oxygen atoms in total. The number of hydrogen-bond donors (Lipinski definition) is 0. The number of amides is 1. The van der Waals surface area contributed by atoms with Crippen LogP contribution in [0.2, 0.25) is 0 Å². The molecule has 2 aromatic rings. The average Bonchev–Trinajstić information content (AvgIpc) is 2.73. The highest BCUT2D eigenvalue weighted by molar-refractivity contribution is 5.94. The molecule has 0 saturated carbocycles. The zero-order valence-corrected chi connectivity index (χ0v) is 17.9. The maximum Gasteiger partial charge on any atom is 0.254 e. The summed E-state index contributed by atoms with van der Waals surface area (Å²) in [6, 6.07) is 13.7. The van der Waals surface area contributed by atoms with Crippen molar-refractivity contribution >= 4 is 5.91 Å². The fourth-order valence-electron chi connectivity index (χ4n) is 3.44. The van der Waals surface area contributed by atoms with E-state index in [-0.39, 0.29) is 11.3 Å². The van der Waals surface area contributed by atoms with E-state index in [9.17, 15) is 4.79 Å². The lowest BCUT2D eigenvalue weighted by atomic mass is 9.86. The number of morpholine rings is 1. The molecule has 1 fully saturated rings. The van der Waals surface area contributed by atoms with Gasteiger partial charge in [-0.3, -0.25) is 4.79 Å². The summed E-state index contributed by atoms with van der Waals surface area (Å²) in [6.07, 6.45) is 0. The van der Waals surface area contributed by atoms with Crippen LogP contribution in [0, 0.1) is 0 Å². The highest BCUT2D eigenvalue weighted by atomic mass is 16.5. The summed E-state index contributed by atoms with van der Waals surface area (Å²) in [5, 5.41) is 0. The predicted molar refractivity (Wildman–Crippen MR) is 114 cm³/mol. The fraction of sp³-hybridized carbons (Fsp3) is 0.458. The van der Waals surface area contributed by atoms with Crippen molar-refractivity contribution in [3.05, 3.63) is 59.2 Å². The van der Waals surface area contributed by atoms with E-state index in [1.54, 1.807) is 0 Å². The lowest BCUT2D eigenvalue weighted by Crippen LogP contribution is -2.40. The third-order valence-corrected chi connectivity index (χ3v) is 4.98. The van der Waals surface area contributed by atoms with Gasteiger partial charge in [0.05, 0.1) is 19.8 Å². The molecular weight excluding hydrogens is 366 g/mol. The van der Waals surface area contributed by atoms with Gasteiger partial charge < -0.3 is 19.1 Å². The molecule has 29 heavy (non-hydrogen) atoms. The van der Waals surface area contributed by atoms with Crippen molar-refractivity contribution in [2.75, 3.05) is 32.9 Å². The molecule has 2 aromatic carbocycles. The number of carbonyl (C=O) groups is 1. The van der Waals surface area contributed by atoms with Crippen molar-refractivity contribution in [1.82, 2.24) is 4.90 Å².